The molecule has 1 fully saturated rings. The maximum Gasteiger partial charge on any atom is 0.216 e. The van der Waals surface area contributed by atoms with E-state index in [2.05, 4.69) is 32.9 Å². The number of nitrogens with zero attached hydrogens (tertiary/aromatic N) is 2. The van der Waals surface area contributed by atoms with Crippen LogP contribution >= 0.6 is 15.9 Å². The van der Waals surface area contributed by atoms with E-state index in [4.69, 9.17) is 4.74 Å². The van der Waals surface area contributed by atoms with Gasteiger partial charge in [-0.25, -0.2) is 4.98 Å². The molecule has 2 rings (SSSR count). The lowest BCUT2D eigenvalue weighted by Crippen LogP contribution is -2.35. The highest BCUT2D eigenvalue weighted by atomic mass is 79.9. The summed E-state index contributed by atoms with van der Waals surface area (Å²) in [6.07, 6.45) is 4.29. The average molecular weight is 285 g/mol. The molecule has 1 aliphatic rings. The topological polar surface area (TPSA) is 25.4 Å². The summed E-state index contributed by atoms with van der Waals surface area (Å²) in [5.41, 5.74) is 1.09. The summed E-state index contributed by atoms with van der Waals surface area (Å²) in [6, 6.07) is 2.04. The first-order valence-corrected chi connectivity index (χ1v) is 6.42. The predicted molar refractivity (Wildman–Crippen MR) is 67.8 cm³/mol. The molecule has 1 aliphatic heterocycles. The van der Waals surface area contributed by atoms with E-state index in [0.717, 1.165) is 41.8 Å². The van der Waals surface area contributed by atoms with Crippen LogP contribution in [0.2, 0.25) is 0 Å². The third-order valence-electron chi connectivity index (χ3n) is 2.94. The molecule has 1 aromatic heterocycles. The van der Waals surface area contributed by atoms with Crippen LogP contribution in [0, 0.1) is 6.92 Å². The molecule has 2 heterocycles. The Kier molecular flexibility index (Phi) is 3.82. The van der Waals surface area contributed by atoms with Crippen LogP contribution in [0.5, 0.6) is 5.88 Å². The minimum Gasteiger partial charge on any atom is -0.474 e. The van der Waals surface area contributed by atoms with Crippen LogP contribution in [-0.2, 0) is 0 Å². The first kappa shape index (κ1) is 11.9. The van der Waals surface area contributed by atoms with Crippen LogP contribution in [0.1, 0.15) is 18.4 Å². The van der Waals surface area contributed by atoms with Crippen molar-refractivity contribution in [2.75, 3.05) is 20.1 Å². The highest BCUT2D eigenvalue weighted by molar-refractivity contribution is 9.10. The summed E-state index contributed by atoms with van der Waals surface area (Å²) in [7, 11) is 2.15. The van der Waals surface area contributed by atoms with Crippen molar-refractivity contribution in [2.24, 2.45) is 0 Å². The van der Waals surface area contributed by atoms with Gasteiger partial charge in [0, 0.05) is 29.3 Å². The quantitative estimate of drug-likeness (QED) is 0.835. The Bertz CT molecular complexity index is 362. The molecule has 0 unspecified atom stereocenters. The Balaban J connectivity index is 1.98. The van der Waals surface area contributed by atoms with E-state index in [1.54, 1.807) is 6.20 Å². The molecule has 0 aromatic carbocycles. The van der Waals surface area contributed by atoms with Crippen molar-refractivity contribution in [3.63, 3.8) is 0 Å². The van der Waals surface area contributed by atoms with Gasteiger partial charge >= 0.3 is 0 Å². The van der Waals surface area contributed by atoms with Crippen LogP contribution in [0.15, 0.2) is 16.7 Å². The van der Waals surface area contributed by atoms with E-state index in [1.807, 2.05) is 13.0 Å². The van der Waals surface area contributed by atoms with Gasteiger partial charge in [-0.3, -0.25) is 0 Å². The predicted octanol–water partition coefficient (Wildman–Crippen LogP) is 2.63. The van der Waals surface area contributed by atoms with E-state index < -0.39 is 0 Å². The van der Waals surface area contributed by atoms with Gasteiger partial charge in [0.05, 0.1) is 0 Å². The van der Waals surface area contributed by atoms with Gasteiger partial charge in [0.1, 0.15) is 6.10 Å². The number of likely N-dealkylation sites (tertiary alicyclic amines) is 1. The second-order valence-corrected chi connectivity index (χ2v) is 5.31. The molecule has 0 N–H and O–H groups in total. The van der Waals surface area contributed by atoms with Crippen molar-refractivity contribution in [3.8, 4) is 5.88 Å². The molecule has 88 valence electrons. The Morgan fingerprint density at radius 1 is 1.44 bits per heavy atom. The van der Waals surface area contributed by atoms with Crippen molar-refractivity contribution in [1.82, 2.24) is 9.88 Å². The third-order valence-corrected chi connectivity index (χ3v) is 3.37. The van der Waals surface area contributed by atoms with Gasteiger partial charge in [-0.05, 0) is 48.8 Å². The van der Waals surface area contributed by atoms with Crippen LogP contribution in [0.25, 0.3) is 0 Å². The van der Waals surface area contributed by atoms with Crippen LogP contribution < -0.4 is 4.74 Å². The second-order valence-electron chi connectivity index (χ2n) is 4.40. The Morgan fingerprint density at radius 2 is 2.12 bits per heavy atom. The minimum atomic E-state index is 0.323. The van der Waals surface area contributed by atoms with E-state index >= 15 is 0 Å². The van der Waals surface area contributed by atoms with E-state index in [0.29, 0.717) is 6.10 Å². The molecule has 1 saturated heterocycles. The second kappa shape index (κ2) is 5.15. The molecular weight excluding hydrogens is 268 g/mol. The monoisotopic (exact) mass is 284 g/mol. The van der Waals surface area contributed by atoms with Crippen LogP contribution in [0.4, 0.5) is 0 Å². The summed E-state index contributed by atoms with van der Waals surface area (Å²) in [6.45, 7) is 4.25. The van der Waals surface area contributed by atoms with Crippen molar-refractivity contribution in [1.29, 1.82) is 0 Å². The number of ether oxygens (including phenoxy) is 1. The third kappa shape index (κ3) is 2.95. The van der Waals surface area contributed by atoms with E-state index in [9.17, 15) is 0 Å². The molecule has 1 aromatic rings. The van der Waals surface area contributed by atoms with Gasteiger partial charge in [0.2, 0.25) is 5.88 Å². The minimum absolute atomic E-state index is 0.323. The van der Waals surface area contributed by atoms with Crippen molar-refractivity contribution >= 4 is 15.9 Å². The smallest absolute Gasteiger partial charge is 0.216 e. The van der Waals surface area contributed by atoms with Gasteiger partial charge in [-0.15, -0.1) is 0 Å². The van der Waals surface area contributed by atoms with Crippen molar-refractivity contribution in [3.05, 3.63) is 22.3 Å². The fraction of sp³-hybridized carbons (Fsp3) is 0.583. The molecule has 0 aliphatic carbocycles. The van der Waals surface area contributed by atoms with E-state index in [-0.39, 0.29) is 0 Å². The fourth-order valence-electron chi connectivity index (χ4n) is 1.91. The summed E-state index contributed by atoms with van der Waals surface area (Å²) < 4.78 is 6.93. The highest BCUT2D eigenvalue weighted by Crippen LogP contribution is 2.22. The number of hydrogen-bond acceptors (Lipinski definition) is 3. The zero-order chi connectivity index (χ0) is 11.5. The lowest BCUT2D eigenvalue weighted by atomic mass is 10.1. The first-order chi connectivity index (χ1) is 7.65. The molecule has 0 bridgehead atoms. The van der Waals surface area contributed by atoms with Gasteiger partial charge in [0.25, 0.3) is 0 Å². The number of pyridine rings is 1. The SMILES string of the molecule is Cc1cc(Br)cnc1OC1CCN(C)CC1. The molecule has 0 spiro atoms. The van der Waals surface area contributed by atoms with Gasteiger partial charge < -0.3 is 9.64 Å². The summed E-state index contributed by atoms with van der Waals surface area (Å²) >= 11 is 3.40. The van der Waals surface area contributed by atoms with Crippen molar-refractivity contribution in [2.45, 2.75) is 25.9 Å². The Morgan fingerprint density at radius 3 is 2.75 bits per heavy atom. The molecule has 4 heteroatoms. The molecule has 16 heavy (non-hydrogen) atoms. The number of halogens is 1. The standard InChI is InChI=1S/C12H17BrN2O/c1-9-7-10(13)8-14-12(9)16-11-3-5-15(2)6-4-11/h7-8,11H,3-6H2,1-2H3. The zero-order valence-electron chi connectivity index (χ0n) is 9.74. The lowest BCUT2D eigenvalue weighted by Gasteiger charge is -2.29. The van der Waals surface area contributed by atoms with Gasteiger partial charge in [0.15, 0.2) is 0 Å². The molecule has 0 atom stereocenters. The molecular formula is C12H17BrN2O. The maximum atomic E-state index is 5.93. The number of rotatable bonds is 2. The number of hydrogen-bond donors (Lipinski definition) is 0. The molecule has 3 nitrogen and oxygen atoms in total. The first-order valence-electron chi connectivity index (χ1n) is 5.62. The Hall–Kier alpha value is -0.610. The normalized spacial score (nSPS) is 18.7. The largest absolute Gasteiger partial charge is 0.474 e. The summed E-state index contributed by atoms with van der Waals surface area (Å²) in [5.74, 6) is 0.776. The Labute approximate surface area is 105 Å². The summed E-state index contributed by atoms with van der Waals surface area (Å²) in [4.78, 5) is 6.64. The fourth-order valence-corrected chi connectivity index (χ4v) is 2.36. The molecule has 0 amide bonds. The average Bonchev–Trinajstić information content (AvgIpc) is 2.25. The van der Waals surface area contributed by atoms with E-state index in [1.165, 1.54) is 0 Å². The van der Waals surface area contributed by atoms with Gasteiger partial charge in [-0.2, -0.15) is 0 Å². The zero-order valence-corrected chi connectivity index (χ0v) is 11.3. The van der Waals surface area contributed by atoms with Crippen LogP contribution in [-0.4, -0.2) is 36.1 Å². The molecule has 0 radical (unpaired) electrons. The molecule has 0 saturated carbocycles. The van der Waals surface area contributed by atoms with Crippen molar-refractivity contribution < 1.29 is 4.74 Å². The van der Waals surface area contributed by atoms with Gasteiger partial charge in [-0.1, -0.05) is 0 Å². The number of aryl methyl sites for hydroxylation is 1. The summed E-state index contributed by atoms with van der Waals surface area (Å²) in [5, 5.41) is 0. The maximum absolute atomic E-state index is 5.93. The number of piperidine rings is 1. The lowest BCUT2D eigenvalue weighted by molar-refractivity contribution is 0.109. The van der Waals surface area contributed by atoms with Crippen LogP contribution in [0.3, 0.4) is 0 Å². The number of aromatic nitrogens is 1. The highest BCUT2D eigenvalue weighted by Gasteiger charge is 2.19.